The monoisotopic (exact) mass is 409 g/mol. The van der Waals surface area contributed by atoms with E-state index in [2.05, 4.69) is 72.7 Å². The molecule has 0 saturated heterocycles. The van der Waals surface area contributed by atoms with Gasteiger partial charge in [0.05, 0.1) is 6.04 Å². The van der Waals surface area contributed by atoms with Crippen LogP contribution >= 0.6 is 11.3 Å². The number of rotatable bonds is 7. The second-order valence-electron chi connectivity index (χ2n) is 8.01. The van der Waals surface area contributed by atoms with Crippen LogP contribution < -0.4 is 10.6 Å². The van der Waals surface area contributed by atoms with Crippen LogP contribution in [-0.4, -0.2) is 37.0 Å². The van der Waals surface area contributed by atoms with Crippen LogP contribution in [0.5, 0.6) is 0 Å². The Balaban J connectivity index is 1.51. The third-order valence-electron chi connectivity index (χ3n) is 6.30. The minimum atomic E-state index is 0.0227. The number of amides is 1. The highest BCUT2D eigenvalue weighted by atomic mass is 32.1. The molecule has 0 spiro atoms. The van der Waals surface area contributed by atoms with Crippen molar-refractivity contribution in [2.45, 2.75) is 39.2 Å². The van der Waals surface area contributed by atoms with Crippen LogP contribution in [0, 0.1) is 12.8 Å². The second-order valence-corrected chi connectivity index (χ2v) is 9.33. The molecule has 1 amide bonds. The number of fused-ring (bicyclic) bond motifs is 3. The van der Waals surface area contributed by atoms with Crippen molar-refractivity contribution in [3.63, 3.8) is 0 Å². The number of hydrogen-bond donors (Lipinski definition) is 2. The summed E-state index contributed by atoms with van der Waals surface area (Å²) in [6.07, 6.45) is 5.72. The van der Waals surface area contributed by atoms with Crippen molar-refractivity contribution in [1.82, 2.24) is 10.2 Å². The first kappa shape index (κ1) is 20.2. The van der Waals surface area contributed by atoms with Crippen molar-refractivity contribution in [3.05, 3.63) is 63.4 Å². The molecule has 0 bridgehead atoms. The van der Waals surface area contributed by atoms with Gasteiger partial charge in [0.2, 0.25) is 0 Å². The molecule has 2 N–H and O–H groups in total. The molecule has 1 aliphatic heterocycles. The zero-order valence-electron chi connectivity index (χ0n) is 17.6. The second kappa shape index (κ2) is 8.72. The Labute approximate surface area is 178 Å². The lowest BCUT2D eigenvalue weighted by Crippen LogP contribution is -2.35. The predicted octanol–water partition coefficient (Wildman–Crippen LogP) is 4.95. The molecule has 4 rings (SSSR count). The van der Waals surface area contributed by atoms with E-state index in [-0.39, 0.29) is 5.91 Å². The highest BCUT2D eigenvalue weighted by Gasteiger charge is 2.38. The van der Waals surface area contributed by atoms with Crippen molar-refractivity contribution in [2.75, 3.05) is 31.5 Å². The van der Waals surface area contributed by atoms with E-state index >= 15 is 0 Å². The lowest BCUT2D eigenvalue weighted by molar-refractivity contribution is 0.0949. The molecule has 0 radical (unpaired) electrons. The van der Waals surface area contributed by atoms with Gasteiger partial charge in [-0.3, -0.25) is 4.79 Å². The quantitative estimate of drug-likeness (QED) is 0.636. The summed E-state index contributed by atoms with van der Waals surface area (Å²) < 4.78 is 0. The summed E-state index contributed by atoms with van der Waals surface area (Å²) >= 11 is 1.88. The largest absolute Gasteiger partial charge is 0.377 e. The third kappa shape index (κ3) is 4.12. The Morgan fingerprint density at radius 3 is 2.79 bits per heavy atom. The van der Waals surface area contributed by atoms with Gasteiger partial charge in [0.1, 0.15) is 0 Å². The van der Waals surface area contributed by atoms with E-state index in [0.717, 1.165) is 37.3 Å². The van der Waals surface area contributed by atoms with E-state index in [1.807, 2.05) is 17.4 Å². The Morgan fingerprint density at radius 1 is 1.24 bits per heavy atom. The molecule has 154 valence electrons. The van der Waals surface area contributed by atoms with Crippen LogP contribution in [0.3, 0.4) is 0 Å². The fourth-order valence-electron chi connectivity index (χ4n) is 4.61. The highest BCUT2D eigenvalue weighted by molar-refractivity contribution is 7.12. The summed E-state index contributed by atoms with van der Waals surface area (Å²) in [5, 5.41) is 6.85. The van der Waals surface area contributed by atoms with Crippen LogP contribution in [-0.2, 0) is 0 Å². The molecule has 1 aliphatic carbocycles. The van der Waals surface area contributed by atoms with E-state index in [9.17, 15) is 4.79 Å². The van der Waals surface area contributed by atoms with Gasteiger partial charge in [0, 0.05) is 40.0 Å². The van der Waals surface area contributed by atoms with Gasteiger partial charge in [-0.25, -0.2) is 0 Å². The molecule has 2 aromatic rings. The number of anilines is 1. The smallest absolute Gasteiger partial charge is 0.251 e. The molecule has 2 heterocycles. The minimum absolute atomic E-state index is 0.0227. The van der Waals surface area contributed by atoms with Crippen molar-refractivity contribution in [2.24, 2.45) is 5.92 Å². The number of likely N-dealkylation sites (N-methyl/N-ethyl adjacent to an activating group) is 1. The normalized spacial score (nSPS) is 22.3. The number of nitrogens with one attached hydrogen (secondary N) is 2. The Bertz CT molecular complexity index is 899. The van der Waals surface area contributed by atoms with Gasteiger partial charge in [-0.05, 0) is 68.2 Å². The van der Waals surface area contributed by atoms with E-state index in [1.54, 1.807) is 0 Å². The first-order chi connectivity index (χ1) is 14.1. The van der Waals surface area contributed by atoms with Gasteiger partial charge in [-0.1, -0.05) is 26.0 Å². The van der Waals surface area contributed by atoms with E-state index < -0.39 is 0 Å². The molecule has 3 atom stereocenters. The van der Waals surface area contributed by atoms with E-state index in [0.29, 0.717) is 24.4 Å². The van der Waals surface area contributed by atoms with E-state index in [4.69, 9.17) is 0 Å². The molecular formula is C24H31N3OS. The van der Waals surface area contributed by atoms with Gasteiger partial charge in [-0.2, -0.15) is 0 Å². The lowest BCUT2D eigenvalue weighted by Gasteiger charge is -2.37. The number of thiophene rings is 1. The minimum Gasteiger partial charge on any atom is -0.377 e. The Morgan fingerprint density at radius 2 is 2.07 bits per heavy atom. The van der Waals surface area contributed by atoms with Gasteiger partial charge in [0.25, 0.3) is 5.91 Å². The maximum absolute atomic E-state index is 12.7. The third-order valence-corrected chi connectivity index (χ3v) is 7.38. The number of aryl methyl sites for hydroxylation is 1. The van der Waals surface area contributed by atoms with Crippen LogP contribution in [0.2, 0.25) is 0 Å². The number of hydrogen-bond acceptors (Lipinski definition) is 4. The fourth-order valence-corrected chi connectivity index (χ4v) is 5.61. The molecule has 5 heteroatoms. The first-order valence-corrected chi connectivity index (χ1v) is 11.6. The maximum Gasteiger partial charge on any atom is 0.251 e. The SMILES string of the molecule is CCN(CC)CCNC(=O)c1ccc2c(c1)C1C=CCC1C(c1ccc(C)s1)N2. The van der Waals surface area contributed by atoms with Gasteiger partial charge < -0.3 is 15.5 Å². The standard InChI is InChI=1S/C24H31N3OS/c1-4-27(5-2)14-13-25-24(28)17-10-11-21-20(15-17)18-7-6-8-19(18)23(26-21)22-12-9-16(3)29-22/h6-7,9-12,15,18-19,23,26H,4-5,8,13-14H2,1-3H3,(H,25,28). The number of nitrogens with zero attached hydrogens (tertiary/aromatic N) is 1. The molecule has 29 heavy (non-hydrogen) atoms. The van der Waals surface area contributed by atoms with Gasteiger partial charge >= 0.3 is 0 Å². The summed E-state index contributed by atoms with van der Waals surface area (Å²) in [5.74, 6) is 0.915. The molecule has 0 fully saturated rings. The lowest BCUT2D eigenvalue weighted by atomic mass is 9.78. The first-order valence-electron chi connectivity index (χ1n) is 10.7. The summed E-state index contributed by atoms with van der Waals surface area (Å²) in [7, 11) is 0. The number of benzene rings is 1. The summed E-state index contributed by atoms with van der Waals surface area (Å²) in [4.78, 5) is 17.8. The average Bonchev–Trinajstić information content (AvgIpc) is 3.39. The Kier molecular flexibility index (Phi) is 6.07. The summed E-state index contributed by atoms with van der Waals surface area (Å²) in [6, 6.07) is 10.9. The summed E-state index contributed by atoms with van der Waals surface area (Å²) in [5.41, 5.74) is 3.17. The topological polar surface area (TPSA) is 44.4 Å². The van der Waals surface area contributed by atoms with Crippen LogP contribution in [0.25, 0.3) is 0 Å². The molecule has 0 saturated carbocycles. The summed E-state index contributed by atoms with van der Waals surface area (Å²) in [6.45, 7) is 10.1. The fraction of sp³-hybridized carbons (Fsp3) is 0.458. The van der Waals surface area contributed by atoms with Gasteiger partial charge in [-0.15, -0.1) is 11.3 Å². The molecule has 1 aromatic heterocycles. The van der Waals surface area contributed by atoms with Gasteiger partial charge in [0.15, 0.2) is 0 Å². The van der Waals surface area contributed by atoms with Crippen molar-refractivity contribution < 1.29 is 4.79 Å². The van der Waals surface area contributed by atoms with Crippen LogP contribution in [0.1, 0.15) is 57.9 Å². The van der Waals surface area contributed by atoms with Crippen LogP contribution in [0.15, 0.2) is 42.5 Å². The molecule has 2 aliphatic rings. The van der Waals surface area contributed by atoms with Crippen LogP contribution in [0.4, 0.5) is 5.69 Å². The molecular weight excluding hydrogens is 378 g/mol. The molecule has 1 aromatic carbocycles. The maximum atomic E-state index is 12.7. The van der Waals surface area contributed by atoms with Crippen molar-refractivity contribution in [1.29, 1.82) is 0 Å². The van der Waals surface area contributed by atoms with E-state index in [1.165, 1.54) is 15.3 Å². The average molecular weight is 410 g/mol. The number of carbonyl (C=O) groups is 1. The molecule has 3 unspecified atom stereocenters. The Hall–Kier alpha value is -2.11. The highest BCUT2D eigenvalue weighted by Crippen LogP contribution is 2.50. The number of carbonyl (C=O) groups excluding carboxylic acids is 1. The predicted molar refractivity (Wildman–Crippen MR) is 122 cm³/mol. The molecule has 4 nitrogen and oxygen atoms in total. The number of allylic oxidation sites excluding steroid dienone is 2. The van der Waals surface area contributed by atoms with Crippen molar-refractivity contribution >= 4 is 22.9 Å². The zero-order chi connectivity index (χ0) is 20.4. The van der Waals surface area contributed by atoms with Crippen molar-refractivity contribution in [3.8, 4) is 0 Å². The zero-order valence-corrected chi connectivity index (χ0v) is 18.4.